The second kappa shape index (κ2) is 11.5. The molecule has 0 spiro atoms. The van der Waals surface area contributed by atoms with Crippen molar-refractivity contribution in [3.05, 3.63) is 93.4 Å². The maximum Gasteiger partial charge on any atom is 0.416 e. The third-order valence-corrected chi connectivity index (χ3v) is 6.56. The van der Waals surface area contributed by atoms with Crippen molar-refractivity contribution in [1.29, 1.82) is 0 Å². The van der Waals surface area contributed by atoms with Crippen LogP contribution in [0.1, 0.15) is 27.4 Å². The number of halogens is 5. The quantitative estimate of drug-likeness (QED) is 0.421. The zero-order valence-electron chi connectivity index (χ0n) is 21.3. The third kappa shape index (κ3) is 5.69. The molecule has 2 aromatic carbocycles. The van der Waals surface area contributed by atoms with Gasteiger partial charge < -0.3 is 24.3 Å². The van der Waals surface area contributed by atoms with Gasteiger partial charge in [0.1, 0.15) is 29.1 Å². The molecule has 8 nitrogen and oxygen atoms in total. The molecule has 4 rings (SSSR count). The Hall–Kier alpha value is -4.26. The minimum absolute atomic E-state index is 0.0887. The molecule has 0 bridgehead atoms. The third-order valence-electron chi connectivity index (χ3n) is 6.56. The molecule has 0 saturated carbocycles. The molecule has 13 heteroatoms. The van der Waals surface area contributed by atoms with Gasteiger partial charge in [-0.3, -0.25) is 14.4 Å². The first-order chi connectivity index (χ1) is 19.0. The molecule has 2 amide bonds. The van der Waals surface area contributed by atoms with E-state index in [1.807, 2.05) is 0 Å². The Balaban J connectivity index is 1.73. The molecule has 40 heavy (non-hydrogen) atoms. The van der Waals surface area contributed by atoms with Crippen molar-refractivity contribution in [3.8, 4) is 5.75 Å². The van der Waals surface area contributed by atoms with E-state index in [0.717, 1.165) is 29.2 Å². The van der Waals surface area contributed by atoms with Gasteiger partial charge in [0, 0.05) is 55.6 Å². The van der Waals surface area contributed by atoms with Gasteiger partial charge in [-0.15, -0.1) is 0 Å². The van der Waals surface area contributed by atoms with E-state index in [1.54, 1.807) is 0 Å². The van der Waals surface area contributed by atoms with Crippen molar-refractivity contribution >= 4 is 17.5 Å². The monoisotopic (exact) mass is 565 g/mol. The van der Waals surface area contributed by atoms with Crippen LogP contribution in [-0.4, -0.2) is 49.8 Å². The molecule has 2 atom stereocenters. The van der Waals surface area contributed by atoms with E-state index >= 15 is 8.78 Å². The van der Waals surface area contributed by atoms with Crippen LogP contribution in [0, 0.1) is 11.6 Å². The summed E-state index contributed by atoms with van der Waals surface area (Å²) in [5.41, 5.74) is -2.38. The molecule has 1 aromatic heterocycles. The first-order valence-electron chi connectivity index (χ1n) is 12.0. The Morgan fingerprint density at radius 2 is 1.70 bits per heavy atom. The van der Waals surface area contributed by atoms with Crippen LogP contribution in [0.5, 0.6) is 5.75 Å². The number of nitrogens with zero attached hydrogens (tertiary/aromatic N) is 2. The lowest BCUT2D eigenvalue weighted by Crippen LogP contribution is -2.44. The fourth-order valence-electron chi connectivity index (χ4n) is 4.53. The van der Waals surface area contributed by atoms with Crippen LogP contribution >= 0.6 is 0 Å². The number of carbonyl (C=O) groups is 2. The van der Waals surface area contributed by atoms with Crippen molar-refractivity contribution in [2.45, 2.75) is 24.7 Å². The molecule has 1 aliphatic heterocycles. The van der Waals surface area contributed by atoms with E-state index in [-0.39, 0.29) is 36.7 Å². The predicted octanol–water partition coefficient (Wildman–Crippen LogP) is 3.73. The van der Waals surface area contributed by atoms with Crippen LogP contribution in [0.3, 0.4) is 0 Å². The van der Waals surface area contributed by atoms with Crippen LogP contribution in [0.15, 0.2) is 59.5 Å². The number of anilines is 1. The highest BCUT2D eigenvalue weighted by Crippen LogP contribution is 2.36. The smallest absolute Gasteiger partial charge is 0.416 e. The van der Waals surface area contributed by atoms with Crippen LogP contribution in [0.2, 0.25) is 0 Å². The first kappa shape index (κ1) is 28.7. The number of carbonyl (C=O) groups excluding carboxylic acids is 2. The second-order valence-electron chi connectivity index (χ2n) is 8.97. The van der Waals surface area contributed by atoms with Crippen molar-refractivity contribution in [2.24, 2.45) is 0 Å². The first-order valence-corrected chi connectivity index (χ1v) is 12.0. The van der Waals surface area contributed by atoms with Gasteiger partial charge >= 0.3 is 6.18 Å². The van der Waals surface area contributed by atoms with Crippen LogP contribution < -0.4 is 20.5 Å². The highest BCUT2D eigenvalue weighted by atomic mass is 19.4. The van der Waals surface area contributed by atoms with Crippen LogP contribution in [0.4, 0.5) is 27.6 Å². The minimum Gasteiger partial charge on any atom is -0.497 e. The summed E-state index contributed by atoms with van der Waals surface area (Å²) < 4.78 is 80.2. The number of ether oxygens (including phenoxy) is 2. The molecule has 0 unspecified atom stereocenters. The highest BCUT2D eigenvalue weighted by Gasteiger charge is 2.46. The molecule has 0 radical (unpaired) electrons. The molecule has 212 valence electrons. The minimum atomic E-state index is -4.63. The van der Waals surface area contributed by atoms with E-state index in [2.05, 4.69) is 5.32 Å². The number of aromatic nitrogens is 1. The van der Waals surface area contributed by atoms with E-state index < -0.39 is 58.3 Å². The Bertz CT molecular complexity index is 1450. The molecular weight excluding hydrogens is 541 g/mol. The highest BCUT2D eigenvalue weighted by molar-refractivity contribution is 6.05. The maximum atomic E-state index is 15.1. The molecule has 3 aromatic rings. The Morgan fingerprint density at radius 3 is 2.27 bits per heavy atom. The number of methoxy groups -OCH3 is 2. The molecule has 1 N–H and O–H groups in total. The Morgan fingerprint density at radius 1 is 1.05 bits per heavy atom. The number of amides is 2. The molecule has 2 heterocycles. The van der Waals surface area contributed by atoms with Gasteiger partial charge in [0.05, 0.1) is 19.3 Å². The van der Waals surface area contributed by atoms with Crippen molar-refractivity contribution in [2.75, 3.05) is 32.3 Å². The summed E-state index contributed by atoms with van der Waals surface area (Å²) in [6.45, 7) is -0.00103. The normalized spacial score (nSPS) is 17.3. The van der Waals surface area contributed by atoms with Crippen LogP contribution in [0.25, 0.3) is 0 Å². The number of benzene rings is 2. The molecule has 0 aliphatic carbocycles. The van der Waals surface area contributed by atoms with E-state index in [0.29, 0.717) is 12.1 Å². The van der Waals surface area contributed by atoms with Crippen molar-refractivity contribution < 1.29 is 41.0 Å². The molecule has 1 fully saturated rings. The van der Waals surface area contributed by atoms with E-state index in [1.165, 1.54) is 37.1 Å². The fourth-order valence-corrected chi connectivity index (χ4v) is 4.53. The molecule has 1 saturated heterocycles. The van der Waals surface area contributed by atoms with Gasteiger partial charge in [0.15, 0.2) is 0 Å². The van der Waals surface area contributed by atoms with Crippen molar-refractivity contribution in [1.82, 2.24) is 9.88 Å². The zero-order chi connectivity index (χ0) is 29.2. The summed E-state index contributed by atoms with van der Waals surface area (Å²) in [5, 5.41) is 2.40. The van der Waals surface area contributed by atoms with Gasteiger partial charge in [0.25, 0.3) is 11.5 Å². The summed E-state index contributed by atoms with van der Waals surface area (Å²) in [4.78, 5) is 40.7. The fraction of sp³-hybridized carbons (Fsp3) is 0.296. The van der Waals surface area contributed by atoms with Gasteiger partial charge in [-0.05, 0) is 36.4 Å². The van der Waals surface area contributed by atoms with E-state index in [9.17, 15) is 27.6 Å². The summed E-state index contributed by atoms with van der Waals surface area (Å²) in [6, 6.07) is 6.39. The van der Waals surface area contributed by atoms with Crippen molar-refractivity contribution in [3.63, 3.8) is 0 Å². The summed E-state index contributed by atoms with van der Waals surface area (Å²) >= 11 is 0. The number of pyridine rings is 1. The maximum absolute atomic E-state index is 15.1. The average Bonchev–Trinajstić information content (AvgIpc) is 3.22. The average molecular weight is 565 g/mol. The lowest BCUT2D eigenvalue weighted by atomic mass is 9.92. The Labute approximate surface area is 224 Å². The SMILES string of the molecule is COCCn1cccc(N2C[C@@H](c3c(F)cc(OC)cc3F)[C@H](NC(=O)c3ccc(C(F)(F)F)cc3)C2=O)c1=O. The zero-order valence-corrected chi connectivity index (χ0v) is 21.3. The lowest BCUT2D eigenvalue weighted by Gasteiger charge is -2.20. The summed E-state index contributed by atoms with van der Waals surface area (Å²) in [5.74, 6) is -5.29. The number of nitrogens with one attached hydrogen (secondary N) is 1. The predicted molar refractivity (Wildman–Crippen MR) is 133 cm³/mol. The van der Waals surface area contributed by atoms with E-state index in [4.69, 9.17) is 9.47 Å². The second-order valence-corrected chi connectivity index (χ2v) is 8.97. The standard InChI is InChI=1S/C27H24F5N3O5/c1-39-11-10-34-9-3-4-21(25(34)37)35-14-18(22-19(28)12-17(40-2)13-20(22)29)23(26(35)38)33-24(36)15-5-7-16(8-6-15)27(30,31)32/h3-9,12-13,18,23H,10-11,14H2,1-2H3,(H,33,36)/t18-,23-/m0/s1. The van der Waals surface area contributed by atoms with Gasteiger partial charge in [-0.1, -0.05) is 0 Å². The van der Waals surface area contributed by atoms with Gasteiger partial charge in [-0.25, -0.2) is 8.78 Å². The number of rotatable bonds is 8. The van der Waals surface area contributed by atoms with Gasteiger partial charge in [-0.2, -0.15) is 13.2 Å². The molecular formula is C27H24F5N3O5. The Kier molecular flexibility index (Phi) is 8.24. The molecule has 1 aliphatic rings. The largest absolute Gasteiger partial charge is 0.497 e. The number of hydrogen-bond acceptors (Lipinski definition) is 5. The number of alkyl halides is 3. The van der Waals surface area contributed by atoms with Crippen LogP contribution in [-0.2, 0) is 22.3 Å². The number of hydrogen-bond donors (Lipinski definition) is 1. The topological polar surface area (TPSA) is 89.9 Å². The van der Waals surface area contributed by atoms with Gasteiger partial charge in [0.2, 0.25) is 5.91 Å². The summed E-state index contributed by atoms with van der Waals surface area (Å²) in [7, 11) is 2.66. The lowest BCUT2D eigenvalue weighted by molar-refractivity contribution is -0.137. The summed E-state index contributed by atoms with van der Waals surface area (Å²) in [6.07, 6.45) is -3.15.